The zero-order valence-corrected chi connectivity index (χ0v) is 26.0. The molecule has 0 spiro atoms. The van der Waals surface area contributed by atoms with Crippen molar-refractivity contribution in [3.8, 4) is 11.5 Å². The third-order valence-electron chi connectivity index (χ3n) is 7.94. The highest BCUT2D eigenvalue weighted by Crippen LogP contribution is 2.28. The molecule has 232 valence electrons. The zero-order chi connectivity index (χ0) is 29.5. The number of benzene rings is 3. The highest BCUT2D eigenvalue weighted by Gasteiger charge is 2.27. The van der Waals surface area contributed by atoms with Crippen LogP contribution in [0.15, 0.2) is 72.8 Å². The van der Waals surface area contributed by atoms with Crippen LogP contribution in [0.5, 0.6) is 11.5 Å². The first-order chi connectivity index (χ1) is 20.2. The topological polar surface area (TPSA) is 91.0 Å². The molecule has 1 heterocycles. The van der Waals surface area contributed by atoms with Crippen LogP contribution in [0.2, 0.25) is 0 Å². The van der Waals surface area contributed by atoms with E-state index >= 15 is 0 Å². The lowest BCUT2D eigenvalue weighted by Crippen LogP contribution is -2.50. The number of anilines is 2. The molecule has 0 unspecified atom stereocenters. The summed E-state index contributed by atoms with van der Waals surface area (Å²) in [6.07, 6.45) is 7.54. The molecular weight excluding hydrogens is 591 g/mol. The maximum Gasteiger partial charge on any atom is 0.322 e. The predicted molar refractivity (Wildman–Crippen MR) is 171 cm³/mol. The second-order valence-corrected chi connectivity index (χ2v) is 13.1. The Bertz CT molecular complexity index is 1430. The van der Waals surface area contributed by atoms with Crippen molar-refractivity contribution >= 4 is 39.8 Å². The number of carbonyl (C=O) groups excluding carboxylic acids is 1. The number of hydrogen-bond donors (Lipinski definition) is 2. The molecule has 2 aliphatic rings. The van der Waals surface area contributed by atoms with Crippen LogP contribution in [-0.4, -0.2) is 51.3 Å². The van der Waals surface area contributed by atoms with Gasteiger partial charge in [-0.05, 0) is 97.8 Å². The molecule has 1 aliphatic carbocycles. The third kappa shape index (κ3) is 9.84. The molecule has 0 atom stereocenters. The van der Waals surface area contributed by atoms with E-state index in [-0.39, 0.29) is 30.3 Å². The van der Waals surface area contributed by atoms with Crippen LogP contribution >= 0.6 is 12.4 Å². The Hall–Kier alpha value is -3.34. The van der Waals surface area contributed by atoms with E-state index in [1.807, 2.05) is 24.3 Å². The summed E-state index contributed by atoms with van der Waals surface area (Å²) in [6, 6.07) is 20.9. The number of likely N-dealkylation sites (tertiary alicyclic amines) is 1. The van der Waals surface area contributed by atoms with Crippen molar-refractivity contribution in [1.29, 1.82) is 0 Å². The van der Waals surface area contributed by atoms with Crippen molar-refractivity contribution in [2.45, 2.75) is 51.1 Å². The fraction of sp³-hybridized carbons (Fsp3) is 0.406. The van der Waals surface area contributed by atoms with E-state index in [1.165, 1.54) is 30.5 Å². The molecule has 2 fully saturated rings. The lowest BCUT2D eigenvalue weighted by Gasteiger charge is -2.34. The molecule has 2 amide bonds. The Morgan fingerprint density at radius 2 is 1.49 bits per heavy atom. The van der Waals surface area contributed by atoms with E-state index in [4.69, 9.17) is 4.74 Å². The van der Waals surface area contributed by atoms with Crippen LogP contribution in [0.25, 0.3) is 0 Å². The Balaban J connectivity index is 0.00000423. The van der Waals surface area contributed by atoms with Crippen LogP contribution < -0.4 is 19.7 Å². The normalized spacial score (nSPS) is 16.3. The van der Waals surface area contributed by atoms with Crippen molar-refractivity contribution in [2.24, 2.45) is 5.92 Å². The molecule has 0 aromatic heterocycles. The minimum Gasteiger partial charge on any atom is -0.457 e. The van der Waals surface area contributed by atoms with E-state index in [2.05, 4.69) is 14.9 Å². The van der Waals surface area contributed by atoms with Gasteiger partial charge in [-0.1, -0.05) is 25.0 Å². The van der Waals surface area contributed by atoms with Gasteiger partial charge in [0.25, 0.3) is 0 Å². The first-order valence-electron chi connectivity index (χ1n) is 14.6. The standard InChI is InChI=1S/C32H39FN4O4S.ClH/c1-42(39,40)35-28-10-16-31(17-11-28)41-30-14-6-25(7-15-30)22-36-20-18-27(19-21-36)34-32(38)37(23-24-4-2-3-5-24)29-12-8-26(33)9-13-29;/h6-17,24,27,35H,2-5,18-23H2,1H3,(H,34,38);1H. The summed E-state index contributed by atoms with van der Waals surface area (Å²) in [5, 5.41) is 3.25. The fourth-order valence-corrected chi connectivity index (χ4v) is 6.29. The number of carbonyl (C=O) groups is 1. The van der Waals surface area contributed by atoms with E-state index < -0.39 is 10.0 Å². The number of amides is 2. The van der Waals surface area contributed by atoms with Gasteiger partial charge in [-0.3, -0.25) is 14.5 Å². The molecule has 5 rings (SSSR count). The molecule has 11 heteroatoms. The number of nitrogens with one attached hydrogen (secondary N) is 2. The third-order valence-corrected chi connectivity index (χ3v) is 8.54. The maximum atomic E-state index is 13.5. The number of rotatable bonds is 10. The summed E-state index contributed by atoms with van der Waals surface area (Å²) < 4.78 is 44.6. The highest BCUT2D eigenvalue weighted by atomic mass is 35.5. The summed E-state index contributed by atoms with van der Waals surface area (Å²) in [5.41, 5.74) is 2.40. The first kappa shape index (κ1) is 32.6. The molecule has 3 aromatic rings. The molecule has 1 aliphatic heterocycles. The molecule has 2 N–H and O–H groups in total. The van der Waals surface area contributed by atoms with Crippen LogP contribution in [0.4, 0.5) is 20.6 Å². The maximum absolute atomic E-state index is 13.5. The molecule has 0 bridgehead atoms. The van der Waals surface area contributed by atoms with Crippen LogP contribution in [0.3, 0.4) is 0 Å². The molecular formula is C32H40ClFN4O4S. The van der Waals surface area contributed by atoms with E-state index in [9.17, 15) is 17.6 Å². The van der Waals surface area contributed by atoms with Gasteiger partial charge in [0.15, 0.2) is 0 Å². The Morgan fingerprint density at radius 1 is 0.907 bits per heavy atom. The zero-order valence-electron chi connectivity index (χ0n) is 24.4. The smallest absolute Gasteiger partial charge is 0.322 e. The van der Waals surface area contributed by atoms with Crippen LogP contribution in [0.1, 0.15) is 44.1 Å². The summed E-state index contributed by atoms with van der Waals surface area (Å²) in [7, 11) is -3.32. The van der Waals surface area contributed by atoms with Gasteiger partial charge in [0.2, 0.25) is 10.0 Å². The lowest BCUT2D eigenvalue weighted by atomic mass is 10.0. The molecule has 0 radical (unpaired) electrons. The second-order valence-electron chi connectivity index (χ2n) is 11.4. The molecule has 1 saturated heterocycles. The van der Waals surface area contributed by atoms with Gasteiger partial charge in [-0.15, -0.1) is 12.4 Å². The van der Waals surface area contributed by atoms with Crippen LogP contribution in [-0.2, 0) is 16.6 Å². The van der Waals surface area contributed by atoms with Gasteiger partial charge in [0.05, 0.1) is 6.26 Å². The number of nitrogens with zero attached hydrogens (tertiary/aromatic N) is 2. The summed E-state index contributed by atoms with van der Waals surface area (Å²) in [5.74, 6) is 1.51. The Labute approximate surface area is 260 Å². The molecule has 1 saturated carbocycles. The Morgan fingerprint density at radius 3 is 2.07 bits per heavy atom. The van der Waals surface area contributed by atoms with Gasteiger partial charge in [-0.2, -0.15) is 0 Å². The lowest BCUT2D eigenvalue weighted by molar-refractivity contribution is 0.188. The van der Waals surface area contributed by atoms with Crippen LogP contribution in [0, 0.1) is 11.7 Å². The van der Waals surface area contributed by atoms with Crippen molar-refractivity contribution in [3.05, 3.63) is 84.2 Å². The highest BCUT2D eigenvalue weighted by molar-refractivity contribution is 7.92. The van der Waals surface area contributed by atoms with Crippen molar-refractivity contribution < 1.29 is 22.3 Å². The number of piperidine rings is 1. The number of halogens is 2. The molecule has 43 heavy (non-hydrogen) atoms. The average Bonchev–Trinajstić information content (AvgIpc) is 3.48. The number of urea groups is 1. The van der Waals surface area contributed by atoms with Gasteiger partial charge < -0.3 is 10.1 Å². The summed E-state index contributed by atoms with van der Waals surface area (Å²) >= 11 is 0. The second kappa shape index (κ2) is 14.9. The monoisotopic (exact) mass is 630 g/mol. The summed E-state index contributed by atoms with van der Waals surface area (Å²) in [6.45, 7) is 3.25. The predicted octanol–water partition coefficient (Wildman–Crippen LogP) is 6.78. The Kier molecular flexibility index (Phi) is 11.3. The van der Waals surface area contributed by atoms with Gasteiger partial charge >= 0.3 is 6.03 Å². The molecule has 3 aromatic carbocycles. The molecule has 8 nitrogen and oxygen atoms in total. The van der Waals surface area contributed by atoms with E-state index in [0.29, 0.717) is 29.6 Å². The van der Waals surface area contributed by atoms with E-state index in [1.54, 1.807) is 41.3 Å². The quantitative estimate of drug-likeness (QED) is 0.258. The van der Waals surface area contributed by atoms with Gasteiger partial charge in [0, 0.05) is 43.6 Å². The summed E-state index contributed by atoms with van der Waals surface area (Å²) in [4.78, 5) is 17.5. The SMILES string of the molecule is CS(=O)(=O)Nc1ccc(Oc2ccc(CN3CCC(NC(=O)N(CC4CCCC4)c4ccc(F)cc4)CC3)cc2)cc1.Cl. The van der Waals surface area contributed by atoms with Crippen molar-refractivity contribution in [3.63, 3.8) is 0 Å². The van der Waals surface area contributed by atoms with Gasteiger partial charge in [0.1, 0.15) is 17.3 Å². The average molecular weight is 631 g/mol. The fourth-order valence-electron chi connectivity index (χ4n) is 5.73. The minimum atomic E-state index is -3.32. The number of hydrogen-bond acceptors (Lipinski definition) is 5. The van der Waals surface area contributed by atoms with Crippen molar-refractivity contribution in [1.82, 2.24) is 10.2 Å². The number of ether oxygens (including phenoxy) is 1. The minimum absolute atomic E-state index is 0. The van der Waals surface area contributed by atoms with Crippen molar-refractivity contribution in [2.75, 3.05) is 35.5 Å². The largest absolute Gasteiger partial charge is 0.457 e. The number of sulfonamides is 1. The van der Waals surface area contributed by atoms with Gasteiger partial charge in [-0.25, -0.2) is 17.6 Å². The van der Waals surface area contributed by atoms with E-state index in [0.717, 1.165) is 57.3 Å². The first-order valence-corrected chi connectivity index (χ1v) is 16.5.